The smallest absolute Gasteiger partial charge is 0.330 e. The Morgan fingerprint density at radius 3 is 2.67 bits per heavy atom. The van der Waals surface area contributed by atoms with E-state index in [1.165, 1.54) is 10.8 Å². The van der Waals surface area contributed by atoms with Crippen molar-refractivity contribution in [3.05, 3.63) is 54.1 Å². The van der Waals surface area contributed by atoms with Crippen molar-refractivity contribution in [3.63, 3.8) is 0 Å². The molecule has 92 valence electrons. The van der Waals surface area contributed by atoms with Crippen LogP contribution in [0.4, 0.5) is 0 Å². The molecule has 0 atom stereocenters. The maximum atomic E-state index is 10.6. The van der Waals surface area contributed by atoms with Gasteiger partial charge >= 0.3 is 5.97 Å². The summed E-state index contributed by atoms with van der Waals surface area (Å²) in [4.78, 5) is 11.8. The van der Waals surface area contributed by atoms with Crippen LogP contribution in [0.1, 0.15) is 6.92 Å². The SMILES string of the molecule is CC(=CCSc1ccc2ccccc2c1)C(=O)O. The predicted molar refractivity (Wildman–Crippen MR) is 76.1 cm³/mol. The summed E-state index contributed by atoms with van der Waals surface area (Å²) >= 11 is 1.64. The largest absolute Gasteiger partial charge is 0.478 e. The molecule has 3 heteroatoms. The van der Waals surface area contributed by atoms with Crippen molar-refractivity contribution in [2.24, 2.45) is 0 Å². The highest BCUT2D eigenvalue weighted by molar-refractivity contribution is 7.99. The Morgan fingerprint density at radius 2 is 1.94 bits per heavy atom. The van der Waals surface area contributed by atoms with E-state index in [0.29, 0.717) is 11.3 Å². The Kier molecular flexibility index (Phi) is 4.05. The van der Waals surface area contributed by atoms with Gasteiger partial charge in [0.25, 0.3) is 0 Å². The van der Waals surface area contributed by atoms with E-state index >= 15 is 0 Å². The molecule has 0 saturated heterocycles. The zero-order valence-electron chi connectivity index (χ0n) is 10.1. The Hall–Kier alpha value is -1.74. The number of carboxylic acid groups (broad SMARTS) is 1. The van der Waals surface area contributed by atoms with Gasteiger partial charge in [-0.3, -0.25) is 0 Å². The summed E-state index contributed by atoms with van der Waals surface area (Å²) in [5, 5.41) is 11.2. The zero-order valence-corrected chi connectivity index (χ0v) is 10.9. The number of rotatable bonds is 4. The van der Waals surface area contributed by atoms with Gasteiger partial charge in [-0.15, -0.1) is 11.8 Å². The van der Waals surface area contributed by atoms with E-state index in [-0.39, 0.29) is 0 Å². The summed E-state index contributed by atoms with van der Waals surface area (Å²) in [7, 11) is 0. The van der Waals surface area contributed by atoms with Crippen LogP contribution in [0.25, 0.3) is 10.8 Å². The van der Waals surface area contributed by atoms with Gasteiger partial charge in [-0.25, -0.2) is 4.79 Å². The van der Waals surface area contributed by atoms with Crippen LogP contribution in [0, 0.1) is 0 Å². The molecule has 0 amide bonds. The molecular formula is C15H14O2S. The molecule has 0 aliphatic heterocycles. The molecule has 0 aliphatic carbocycles. The third-order valence-electron chi connectivity index (χ3n) is 2.70. The van der Waals surface area contributed by atoms with Gasteiger partial charge in [-0.2, -0.15) is 0 Å². The maximum absolute atomic E-state index is 10.6. The molecule has 0 heterocycles. The van der Waals surface area contributed by atoms with Crippen molar-refractivity contribution in [1.29, 1.82) is 0 Å². The number of benzene rings is 2. The van der Waals surface area contributed by atoms with Crippen molar-refractivity contribution in [3.8, 4) is 0 Å². The summed E-state index contributed by atoms with van der Waals surface area (Å²) in [6.45, 7) is 1.61. The van der Waals surface area contributed by atoms with Crippen LogP contribution in [0.2, 0.25) is 0 Å². The van der Waals surface area contributed by atoms with Gasteiger partial charge in [0.15, 0.2) is 0 Å². The molecule has 2 rings (SSSR count). The second-order valence-electron chi connectivity index (χ2n) is 4.01. The lowest BCUT2D eigenvalue weighted by atomic mass is 10.1. The lowest BCUT2D eigenvalue weighted by Gasteiger charge is -2.02. The first-order chi connectivity index (χ1) is 8.66. The second kappa shape index (κ2) is 5.74. The van der Waals surface area contributed by atoms with Crippen LogP contribution in [0.5, 0.6) is 0 Å². The highest BCUT2D eigenvalue weighted by Gasteiger charge is 1.99. The molecule has 1 N–H and O–H groups in total. The van der Waals surface area contributed by atoms with Crippen molar-refractivity contribution in [1.82, 2.24) is 0 Å². The monoisotopic (exact) mass is 258 g/mol. The number of thioether (sulfide) groups is 1. The number of carbonyl (C=O) groups is 1. The highest BCUT2D eigenvalue weighted by atomic mass is 32.2. The molecule has 0 aliphatic rings. The molecule has 18 heavy (non-hydrogen) atoms. The van der Waals surface area contributed by atoms with Crippen LogP contribution in [0.3, 0.4) is 0 Å². The van der Waals surface area contributed by atoms with Crippen LogP contribution < -0.4 is 0 Å². The average Bonchev–Trinajstić information content (AvgIpc) is 2.38. The minimum atomic E-state index is -0.853. The number of carboxylic acids is 1. The predicted octanol–water partition coefficient (Wildman–Crippen LogP) is 3.96. The van der Waals surface area contributed by atoms with Crippen LogP contribution in [0.15, 0.2) is 59.0 Å². The molecule has 0 spiro atoms. The van der Waals surface area contributed by atoms with E-state index in [9.17, 15) is 4.79 Å². The molecule has 2 nitrogen and oxygen atoms in total. The number of hydrogen-bond donors (Lipinski definition) is 1. The van der Waals surface area contributed by atoms with E-state index in [1.807, 2.05) is 12.1 Å². The molecule has 0 fully saturated rings. The molecule has 0 bridgehead atoms. The topological polar surface area (TPSA) is 37.3 Å². The molecule has 0 unspecified atom stereocenters. The molecule has 0 aromatic heterocycles. The Balaban J connectivity index is 2.08. The van der Waals surface area contributed by atoms with Crippen molar-refractivity contribution in [2.75, 3.05) is 5.75 Å². The van der Waals surface area contributed by atoms with Crippen molar-refractivity contribution < 1.29 is 9.90 Å². The minimum absolute atomic E-state index is 0.392. The maximum Gasteiger partial charge on any atom is 0.330 e. The zero-order chi connectivity index (χ0) is 13.0. The summed E-state index contributed by atoms with van der Waals surface area (Å²) in [5.74, 6) is -0.176. The molecule has 2 aromatic carbocycles. The van der Waals surface area contributed by atoms with E-state index in [4.69, 9.17) is 5.11 Å². The molecule has 0 saturated carbocycles. The van der Waals surface area contributed by atoms with Gasteiger partial charge in [0.1, 0.15) is 0 Å². The van der Waals surface area contributed by atoms with E-state index in [1.54, 1.807) is 24.8 Å². The fraction of sp³-hybridized carbons (Fsp3) is 0.133. The number of fused-ring (bicyclic) bond motifs is 1. The van der Waals surface area contributed by atoms with Gasteiger partial charge in [-0.05, 0) is 29.8 Å². The first kappa shape index (κ1) is 12.7. The van der Waals surface area contributed by atoms with Gasteiger partial charge in [-0.1, -0.05) is 36.4 Å². The molecule has 2 aromatic rings. The Bertz CT molecular complexity index is 602. The highest BCUT2D eigenvalue weighted by Crippen LogP contribution is 2.23. The Labute approximate surface area is 110 Å². The van der Waals surface area contributed by atoms with Crippen LogP contribution in [-0.4, -0.2) is 16.8 Å². The second-order valence-corrected chi connectivity index (χ2v) is 5.11. The lowest BCUT2D eigenvalue weighted by Crippen LogP contribution is -1.96. The van der Waals surface area contributed by atoms with Gasteiger partial charge in [0, 0.05) is 16.2 Å². The van der Waals surface area contributed by atoms with Gasteiger partial charge in [0.05, 0.1) is 0 Å². The van der Waals surface area contributed by atoms with Crippen LogP contribution >= 0.6 is 11.8 Å². The van der Waals surface area contributed by atoms with E-state index in [0.717, 1.165) is 4.90 Å². The summed E-state index contributed by atoms with van der Waals surface area (Å²) in [6.07, 6.45) is 1.74. The minimum Gasteiger partial charge on any atom is -0.478 e. The van der Waals surface area contributed by atoms with Crippen molar-refractivity contribution in [2.45, 2.75) is 11.8 Å². The third-order valence-corrected chi connectivity index (χ3v) is 3.62. The summed E-state index contributed by atoms with van der Waals surface area (Å²) in [5.41, 5.74) is 0.392. The fourth-order valence-electron chi connectivity index (χ4n) is 1.61. The van der Waals surface area contributed by atoms with E-state index < -0.39 is 5.97 Å². The summed E-state index contributed by atoms with van der Waals surface area (Å²) < 4.78 is 0. The first-order valence-electron chi connectivity index (χ1n) is 5.68. The fourth-order valence-corrected chi connectivity index (χ4v) is 2.51. The first-order valence-corrected chi connectivity index (χ1v) is 6.67. The third kappa shape index (κ3) is 3.14. The average molecular weight is 258 g/mol. The van der Waals surface area contributed by atoms with Gasteiger partial charge in [0.2, 0.25) is 0 Å². The molecular weight excluding hydrogens is 244 g/mol. The quantitative estimate of drug-likeness (QED) is 0.666. The van der Waals surface area contributed by atoms with Gasteiger partial charge < -0.3 is 5.11 Å². The molecule has 0 radical (unpaired) electrons. The Morgan fingerprint density at radius 1 is 1.22 bits per heavy atom. The van der Waals surface area contributed by atoms with Crippen molar-refractivity contribution >= 4 is 28.5 Å². The standard InChI is InChI=1S/C15H14O2S/c1-11(15(16)17)8-9-18-14-7-6-12-4-2-3-5-13(12)10-14/h2-8,10H,9H2,1H3,(H,16,17). The normalized spacial score (nSPS) is 11.7. The number of aliphatic carboxylic acids is 1. The number of hydrogen-bond acceptors (Lipinski definition) is 2. The van der Waals surface area contributed by atoms with E-state index in [2.05, 4.69) is 30.3 Å². The summed E-state index contributed by atoms with van der Waals surface area (Å²) in [6, 6.07) is 14.5. The van der Waals surface area contributed by atoms with Crippen LogP contribution in [-0.2, 0) is 4.79 Å². The lowest BCUT2D eigenvalue weighted by molar-refractivity contribution is -0.132.